The number of hydrogen-bond acceptors (Lipinski definition) is 7. The van der Waals surface area contributed by atoms with Crippen molar-refractivity contribution >= 4 is 36.0 Å². The highest BCUT2D eigenvalue weighted by Crippen LogP contribution is 2.24. The molecule has 0 N–H and O–H groups in total. The highest BCUT2D eigenvalue weighted by Gasteiger charge is 2.27. The number of aldehydes is 1. The molecule has 9 nitrogen and oxygen atoms in total. The SMILES string of the molecule is C#CC.CC/C=C(OC(C)C)\C(C(=O)N(CC)CCC1=NC=NC(C)C/C=C/C(=O)N1c1ccc(OC)cc1)=C(/C)C=O. The summed E-state index contributed by atoms with van der Waals surface area (Å²) in [5.74, 6) is 3.16. The Bertz CT molecular complexity index is 1270. The molecule has 0 saturated carbocycles. The van der Waals surface area contributed by atoms with E-state index in [1.165, 1.54) is 17.3 Å². The fraction of sp³-hybridized carbons (Fsp3) is 0.441. The van der Waals surface area contributed by atoms with Gasteiger partial charge in [0.15, 0.2) is 0 Å². The molecule has 0 radical (unpaired) electrons. The van der Waals surface area contributed by atoms with Crippen molar-refractivity contribution < 1.29 is 23.9 Å². The number of carbonyl (C=O) groups excluding carboxylic acids is 3. The van der Waals surface area contributed by atoms with Crippen LogP contribution in [-0.2, 0) is 19.1 Å². The van der Waals surface area contributed by atoms with Crippen LogP contribution in [0.3, 0.4) is 0 Å². The Hall–Kier alpha value is -4.45. The maximum atomic E-state index is 13.8. The van der Waals surface area contributed by atoms with E-state index in [1.54, 1.807) is 56.2 Å². The number of benzene rings is 1. The summed E-state index contributed by atoms with van der Waals surface area (Å²) in [7, 11) is 1.58. The van der Waals surface area contributed by atoms with Crippen molar-refractivity contribution in [1.29, 1.82) is 0 Å². The number of anilines is 1. The Morgan fingerprint density at radius 2 is 1.91 bits per heavy atom. The second-order valence-electron chi connectivity index (χ2n) is 9.91. The standard InChI is InChI=1S/C31H42N4O5.C3H4/c1-8-11-27(40-22(3)4)30(23(5)20-36)31(38)34(9-2)19-18-28-33-21-32-24(6)12-10-13-29(37)35(28)25-14-16-26(39-7)17-15-25;1-3-2/h10-11,13-17,20-22,24H,8-9,12,18-19H2,1-7H3;1H,2H3/b13-10+,27-11+,30-23-,32-21?,33-28?;. The predicted octanol–water partition coefficient (Wildman–Crippen LogP) is 5.92. The zero-order valence-electron chi connectivity index (χ0n) is 26.8. The van der Waals surface area contributed by atoms with Gasteiger partial charge in [-0.1, -0.05) is 13.0 Å². The van der Waals surface area contributed by atoms with Gasteiger partial charge in [-0.3, -0.25) is 24.3 Å². The summed E-state index contributed by atoms with van der Waals surface area (Å²) in [4.78, 5) is 51.2. The van der Waals surface area contributed by atoms with Crippen LogP contribution in [-0.4, -0.2) is 67.5 Å². The van der Waals surface area contributed by atoms with E-state index in [-0.39, 0.29) is 42.5 Å². The average Bonchev–Trinajstić information content (AvgIpc) is 2.97. The van der Waals surface area contributed by atoms with Crippen molar-refractivity contribution in [1.82, 2.24) is 4.90 Å². The molecule has 0 aromatic heterocycles. The molecule has 0 bridgehead atoms. The molecule has 2 rings (SSSR count). The topological polar surface area (TPSA) is 101 Å². The monoisotopic (exact) mass is 590 g/mol. The third-order valence-corrected chi connectivity index (χ3v) is 6.13. The van der Waals surface area contributed by atoms with Crippen LogP contribution in [0.4, 0.5) is 5.69 Å². The number of carbonyl (C=O) groups is 3. The fourth-order valence-corrected chi connectivity index (χ4v) is 4.06. The van der Waals surface area contributed by atoms with Gasteiger partial charge in [-0.05, 0) is 90.8 Å². The van der Waals surface area contributed by atoms with E-state index >= 15 is 0 Å². The number of amidine groups is 1. The first-order chi connectivity index (χ1) is 20.6. The van der Waals surface area contributed by atoms with Gasteiger partial charge < -0.3 is 14.4 Å². The van der Waals surface area contributed by atoms with Crippen molar-refractivity contribution in [3.8, 4) is 18.1 Å². The smallest absolute Gasteiger partial charge is 0.257 e. The fourth-order valence-electron chi connectivity index (χ4n) is 4.06. The van der Waals surface area contributed by atoms with Crippen molar-refractivity contribution in [2.24, 2.45) is 9.98 Å². The number of methoxy groups -OCH3 is 1. The van der Waals surface area contributed by atoms with Crippen LogP contribution in [0.2, 0.25) is 0 Å². The third kappa shape index (κ3) is 11.8. The summed E-state index contributed by atoms with van der Waals surface area (Å²) in [5.41, 5.74) is 1.14. The van der Waals surface area contributed by atoms with E-state index in [0.29, 0.717) is 54.3 Å². The highest BCUT2D eigenvalue weighted by molar-refractivity contribution is 6.21. The number of rotatable bonds is 12. The van der Waals surface area contributed by atoms with Crippen molar-refractivity contribution in [2.45, 2.75) is 79.9 Å². The lowest BCUT2D eigenvalue weighted by Crippen LogP contribution is -2.41. The van der Waals surface area contributed by atoms with Crippen LogP contribution >= 0.6 is 0 Å². The maximum Gasteiger partial charge on any atom is 0.257 e. The van der Waals surface area contributed by atoms with E-state index in [2.05, 4.69) is 22.3 Å². The van der Waals surface area contributed by atoms with Gasteiger partial charge in [-0.25, -0.2) is 4.99 Å². The van der Waals surface area contributed by atoms with Gasteiger partial charge in [0.2, 0.25) is 0 Å². The Morgan fingerprint density at radius 1 is 1.26 bits per heavy atom. The number of ether oxygens (including phenoxy) is 2. The van der Waals surface area contributed by atoms with Gasteiger partial charge in [-0.15, -0.1) is 12.3 Å². The maximum absolute atomic E-state index is 13.8. The van der Waals surface area contributed by atoms with E-state index in [0.717, 1.165) is 0 Å². The van der Waals surface area contributed by atoms with Crippen LogP contribution in [0.25, 0.3) is 0 Å². The quantitative estimate of drug-likeness (QED) is 0.0990. The number of allylic oxidation sites excluding steroid dienone is 2. The van der Waals surface area contributed by atoms with Gasteiger partial charge >= 0.3 is 0 Å². The molecular formula is C34H46N4O5. The summed E-state index contributed by atoms with van der Waals surface area (Å²) in [6.07, 6.45) is 13.2. The van der Waals surface area contributed by atoms with Crippen LogP contribution in [0, 0.1) is 12.3 Å². The lowest BCUT2D eigenvalue weighted by molar-refractivity contribution is -0.127. The molecular weight excluding hydrogens is 544 g/mol. The Balaban J connectivity index is 0.00000295. The number of terminal acetylenes is 1. The second kappa shape index (κ2) is 19.6. The summed E-state index contributed by atoms with van der Waals surface area (Å²) < 4.78 is 11.2. The van der Waals surface area contributed by atoms with Crippen LogP contribution in [0.1, 0.15) is 67.7 Å². The van der Waals surface area contributed by atoms with Crippen molar-refractivity contribution in [3.63, 3.8) is 0 Å². The van der Waals surface area contributed by atoms with E-state index in [4.69, 9.17) is 9.47 Å². The molecule has 1 aliphatic heterocycles. The first-order valence-corrected chi connectivity index (χ1v) is 14.5. The van der Waals surface area contributed by atoms with Crippen molar-refractivity contribution in [2.75, 3.05) is 25.1 Å². The summed E-state index contributed by atoms with van der Waals surface area (Å²) in [6.45, 7) is 13.4. The Labute approximate surface area is 257 Å². The number of amides is 2. The molecule has 1 aliphatic rings. The zero-order valence-corrected chi connectivity index (χ0v) is 26.8. The normalized spacial score (nSPS) is 16.6. The molecule has 0 aliphatic carbocycles. The van der Waals surface area contributed by atoms with Gasteiger partial charge in [0.1, 0.15) is 30.0 Å². The molecule has 0 fully saturated rings. The molecule has 232 valence electrons. The minimum Gasteiger partial charge on any atom is -0.497 e. The highest BCUT2D eigenvalue weighted by atomic mass is 16.5. The van der Waals surface area contributed by atoms with E-state index in [9.17, 15) is 14.4 Å². The van der Waals surface area contributed by atoms with Gasteiger partial charge in [0, 0.05) is 25.1 Å². The molecule has 1 atom stereocenters. The van der Waals surface area contributed by atoms with Crippen molar-refractivity contribution in [3.05, 3.63) is 59.4 Å². The van der Waals surface area contributed by atoms with Crippen LogP contribution < -0.4 is 9.64 Å². The summed E-state index contributed by atoms with van der Waals surface area (Å²) >= 11 is 0. The zero-order chi connectivity index (χ0) is 32.4. The Morgan fingerprint density at radius 3 is 2.44 bits per heavy atom. The predicted molar refractivity (Wildman–Crippen MR) is 174 cm³/mol. The summed E-state index contributed by atoms with van der Waals surface area (Å²) in [5, 5.41) is 0. The number of nitrogens with zero attached hydrogens (tertiary/aromatic N) is 4. The third-order valence-electron chi connectivity index (χ3n) is 6.13. The minimum atomic E-state index is -0.322. The number of aliphatic imine (C=N–C) groups is 2. The molecule has 1 aromatic rings. The van der Waals surface area contributed by atoms with E-state index < -0.39 is 0 Å². The van der Waals surface area contributed by atoms with Crippen LogP contribution in [0.15, 0.2) is 69.4 Å². The largest absolute Gasteiger partial charge is 0.497 e. The molecule has 1 aromatic carbocycles. The van der Waals surface area contributed by atoms with Gasteiger partial charge in [-0.2, -0.15) is 0 Å². The molecule has 2 amide bonds. The lowest BCUT2D eigenvalue weighted by Gasteiger charge is -2.28. The first kappa shape index (κ1) is 36.6. The Kier molecular flexibility index (Phi) is 16.7. The summed E-state index contributed by atoms with van der Waals surface area (Å²) in [6, 6.07) is 7.09. The number of hydrogen-bond donors (Lipinski definition) is 0. The number of likely N-dealkylation sites (N-methyl/N-ethyl adjacent to an activating group) is 1. The first-order valence-electron chi connectivity index (χ1n) is 14.5. The molecule has 0 saturated heterocycles. The van der Waals surface area contributed by atoms with Gasteiger partial charge in [0.25, 0.3) is 11.8 Å². The van der Waals surface area contributed by atoms with E-state index in [1.807, 2.05) is 40.7 Å². The molecule has 9 heteroatoms. The molecule has 0 spiro atoms. The molecule has 1 heterocycles. The average molecular weight is 591 g/mol. The molecule has 43 heavy (non-hydrogen) atoms. The second-order valence-corrected chi connectivity index (χ2v) is 9.91. The van der Waals surface area contributed by atoms with Gasteiger partial charge in [0.05, 0.1) is 30.5 Å². The van der Waals surface area contributed by atoms with Crippen LogP contribution in [0.5, 0.6) is 5.75 Å². The minimum absolute atomic E-state index is 0.0287. The lowest BCUT2D eigenvalue weighted by atomic mass is 10.1. The molecule has 1 unspecified atom stereocenters.